The molecule has 0 radical (unpaired) electrons. The lowest BCUT2D eigenvalue weighted by Gasteiger charge is -2.22. The van der Waals surface area contributed by atoms with Crippen LogP contribution in [0.4, 0.5) is 21.5 Å². The molecule has 1 saturated heterocycles. The second-order valence-corrected chi connectivity index (χ2v) is 10.5. The third kappa shape index (κ3) is 5.98. The minimum atomic E-state index is -3.37. The minimum absolute atomic E-state index is 0.115. The normalized spacial score (nSPS) is 15.2. The Labute approximate surface area is 208 Å². The van der Waals surface area contributed by atoms with Gasteiger partial charge in [0.2, 0.25) is 10.0 Å². The molecule has 3 aromatic rings. The van der Waals surface area contributed by atoms with Crippen LogP contribution in [0.1, 0.15) is 40.0 Å². The van der Waals surface area contributed by atoms with E-state index in [4.69, 9.17) is 11.6 Å². The van der Waals surface area contributed by atoms with Gasteiger partial charge in [0.25, 0.3) is 11.8 Å². The van der Waals surface area contributed by atoms with E-state index in [-0.39, 0.29) is 22.0 Å². The predicted octanol–water partition coefficient (Wildman–Crippen LogP) is 5.30. The average Bonchev–Trinajstić information content (AvgIpc) is 3.01. The highest BCUT2D eigenvalue weighted by molar-refractivity contribution is 7.92. The molecule has 3 aromatic carbocycles. The van der Waals surface area contributed by atoms with E-state index in [1.54, 1.807) is 30.3 Å². The number of hydrogen-bond donors (Lipinski definition) is 2. The number of sulfonamides is 1. The van der Waals surface area contributed by atoms with Crippen LogP contribution in [0.5, 0.6) is 0 Å². The molecule has 0 spiro atoms. The fraction of sp³-hybridized carbons (Fsp3) is 0.200. The first-order valence-corrected chi connectivity index (χ1v) is 13.0. The molecule has 1 aliphatic heterocycles. The van der Waals surface area contributed by atoms with Crippen molar-refractivity contribution in [1.82, 2.24) is 0 Å². The van der Waals surface area contributed by atoms with E-state index < -0.39 is 27.7 Å². The highest BCUT2D eigenvalue weighted by Gasteiger charge is 2.24. The van der Waals surface area contributed by atoms with Crippen molar-refractivity contribution in [2.45, 2.75) is 19.3 Å². The lowest BCUT2D eigenvalue weighted by Crippen LogP contribution is -2.32. The fourth-order valence-electron chi connectivity index (χ4n) is 3.76. The van der Waals surface area contributed by atoms with Crippen LogP contribution in [0.15, 0.2) is 66.7 Å². The number of benzene rings is 3. The largest absolute Gasteiger partial charge is 0.322 e. The summed E-state index contributed by atoms with van der Waals surface area (Å²) in [4.78, 5) is 25.2. The van der Waals surface area contributed by atoms with Crippen LogP contribution in [0.25, 0.3) is 0 Å². The van der Waals surface area contributed by atoms with Crippen LogP contribution < -0.4 is 14.9 Å². The number of rotatable bonds is 5. The molecule has 2 N–H and O–H groups in total. The summed E-state index contributed by atoms with van der Waals surface area (Å²) in [6, 6.07) is 16.2. The number of amides is 2. The second kappa shape index (κ2) is 10.5. The molecule has 1 fully saturated rings. The topological polar surface area (TPSA) is 95.6 Å². The van der Waals surface area contributed by atoms with Crippen molar-refractivity contribution in [3.63, 3.8) is 0 Å². The Bertz CT molecular complexity index is 1360. The van der Waals surface area contributed by atoms with Crippen molar-refractivity contribution in [3.05, 3.63) is 88.7 Å². The Hall–Kier alpha value is -3.43. The molecular weight excluding hydrogens is 493 g/mol. The predicted molar refractivity (Wildman–Crippen MR) is 135 cm³/mol. The zero-order chi connectivity index (χ0) is 25.0. The van der Waals surface area contributed by atoms with Gasteiger partial charge in [-0.15, -0.1) is 0 Å². The lowest BCUT2D eigenvalue weighted by molar-refractivity contribution is 0.101. The molecule has 0 atom stereocenters. The summed E-state index contributed by atoms with van der Waals surface area (Å²) in [5.41, 5.74) is 1.62. The second-order valence-electron chi connectivity index (χ2n) is 8.11. The molecule has 0 aromatic heterocycles. The molecule has 0 bridgehead atoms. The van der Waals surface area contributed by atoms with Crippen molar-refractivity contribution in [1.29, 1.82) is 0 Å². The van der Waals surface area contributed by atoms with Crippen molar-refractivity contribution < 1.29 is 22.4 Å². The van der Waals surface area contributed by atoms with Gasteiger partial charge < -0.3 is 10.6 Å². The molecule has 4 rings (SSSR count). The first-order chi connectivity index (χ1) is 16.7. The molecule has 0 aliphatic carbocycles. The number of nitrogens with zero attached hydrogens (tertiary/aromatic N) is 1. The van der Waals surface area contributed by atoms with Crippen molar-refractivity contribution >= 4 is 50.5 Å². The fourth-order valence-corrected chi connectivity index (χ4v) is 5.57. The van der Waals surface area contributed by atoms with Gasteiger partial charge in [-0.1, -0.05) is 24.1 Å². The molecule has 7 nitrogen and oxygen atoms in total. The van der Waals surface area contributed by atoms with E-state index in [1.807, 2.05) is 0 Å². The molecule has 182 valence electrons. The van der Waals surface area contributed by atoms with Crippen LogP contribution in [0.3, 0.4) is 0 Å². The summed E-state index contributed by atoms with van der Waals surface area (Å²) < 4.78 is 39.8. The molecule has 2 amide bonds. The molecule has 10 heteroatoms. The number of nitrogens with one attached hydrogen (secondary N) is 2. The maximum atomic E-state index is 13.4. The van der Waals surface area contributed by atoms with Gasteiger partial charge in [0, 0.05) is 23.4 Å². The average molecular weight is 516 g/mol. The van der Waals surface area contributed by atoms with Gasteiger partial charge in [-0.25, -0.2) is 12.8 Å². The Morgan fingerprint density at radius 3 is 2.34 bits per heavy atom. The highest BCUT2D eigenvalue weighted by Crippen LogP contribution is 2.27. The monoisotopic (exact) mass is 515 g/mol. The minimum Gasteiger partial charge on any atom is -0.322 e. The number of carbonyl (C=O) groups excluding carboxylic acids is 2. The van der Waals surface area contributed by atoms with Crippen LogP contribution in [0, 0.1) is 5.82 Å². The summed E-state index contributed by atoms with van der Waals surface area (Å²) in [6.45, 7) is 0.419. The van der Waals surface area contributed by atoms with Crippen LogP contribution in [-0.4, -0.2) is 32.5 Å². The van der Waals surface area contributed by atoms with E-state index in [0.717, 1.165) is 18.9 Å². The third-order valence-electron chi connectivity index (χ3n) is 5.58. The first-order valence-electron chi connectivity index (χ1n) is 11.0. The molecule has 0 unspecified atom stereocenters. The zero-order valence-electron chi connectivity index (χ0n) is 18.6. The molecular formula is C25H23ClFN3O4S. The number of halogens is 2. The maximum absolute atomic E-state index is 13.4. The number of hydrogen-bond acceptors (Lipinski definition) is 4. The van der Waals surface area contributed by atoms with Gasteiger partial charge in [-0.05, 0) is 73.5 Å². The van der Waals surface area contributed by atoms with Crippen molar-refractivity contribution in [2.24, 2.45) is 0 Å². The van der Waals surface area contributed by atoms with Crippen LogP contribution in [-0.2, 0) is 10.0 Å². The van der Waals surface area contributed by atoms with Crippen molar-refractivity contribution in [2.75, 3.05) is 27.2 Å². The summed E-state index contributed by atoms with van der Waals surface area (Å²) in [5, 5.41) is 5.59. The maximum Gasteiger partial charge on any atom is 0.255 e. The van der Waals surface area contributed by atoms with Gasteiger partial charge in [0.15, 0.2) is 0 Å². The first kappa shape index (κ1) is 24.7. The van der Waals surface area contributed by atoms with E-state index >= 15 is 0 Å². The van der Waals surface area contributed by atoms with Crippen molar-refractivity contribution in [3.8, 4) is 0 Å². The summed E-state index contributed by atoms with van der Waals surface area (Å²) >= 11 is 6.18. The number of anilines is 3. The van der Waals surface area contributed by atoms with Gasteiger partial charge in [-0.3, -0.25) is 13.9 Å². The van der Waals surface area contributed by atoms with Crippen LogP contribution >= 0.6 is 11.6 Å². The zero-order valence-corrected chi connectivity index (χ0v) is 20.2. The van der Waals surface area contributed by atoms with E-state index in [2.05, 4.69) is 10.6 Å². The number of carbonyl (C=O) groups is 2. The Kier molecular flexibility index (Phi) is 7.37. The van der Waals surface area contributed by atoms with E-state index in [9.17, 15) is 22.4 Å². The molecule has 1 aliphatic rings. The standard InChI is InChI=1S/C25H23ClFN3O4S/c26-22-12-9-20(16-23(22)29-25(32)18-5-4-6-19(27)15-18)28-24(31)17-7-10-21(11-8-17)30-13-2-1-3-14-35(30,33)34/h4-12,15-16H,1-3,13-14H2,(H,28,31)(H,29,32). The van der Waals surface area contributed by atoms with Gasteiger partial charge in [-0.2, -0.15) is 0 Å². The quantitative estimate of drug-likeness (QED) is 0.481. The molecule has 0 saturated carbocycles. The summed E-state index contributed by atoms with van der Waals surface area (Å²) in [5.74, 6) is -1.39. The Morgan fingerprint density at radius 1 is 0.857 bits per heavy atom. The highest BCUT2D eigenvalue weighted by atomic mass is 35.5. The SMILES string of the molecule is O=C(Nc1ccc(Cl)c(NC(=O)c2cccc(F)c2)c1)c1ccc(N2CCCCCS2(=O)=O)cc1. The van der Waals surface area contributed by atoms with Gasteiger partial charge in [0.05, 0.1) is 22.2 Å². The Morgan fingerprint density at radius 2 is 1.60 bits per heavy atom. The van der Waals surface area contributed by atoms with E-state index in [1.165, 1.54) is 34.6 Å². The molecule has 35 heavy (non-hydrogen) atoms. The summed E-state index contributed by atoms with van der Waals surface area (Å²) in [7, 11) is -3.37. The van der Waals surface area contributed by atoms with Crippen LogP contribution in [0.2, 0.25) is 5.02 Å². The lowest BCUT2D eigenvalue weighted by atomic mass is 10.1. The van der Waals surface area contributed by atoms with Gasteiger partial charge in [0.1, 0.15) is 5.82 Å². The third-order valence-corrected chi connectivity index (χ3v) is 7.78. The molecule has 1 heterocycles. The Balaban J connectivity index is 1.46. The van der Waals surface area contributed by atoms with Gasteiger partial charge >= 0.3 is 0 Å². The summed E-state index contributed by atoms with van der Waals surface area (Å²) in [6.07, 6.45) is 2.29. The smallest absolute Gasteiger partial charge is 0.255 e. The van der Waals surface area contributed by atoms with E-state index in [0.29, 0.717) is 29.9 Å².